The van der Waals surface area contributed by atoms with Crippen molar-refractivity contribution >= 4 is 16.4 Å². The van der Waals surface area contributed by atoms with Crippen molar-refractivity contribution in [3.8, 4) is 0 Å². The van der Waals surface area contributed by atoms with E-state index >= 15 is 0 Å². The van der Waals surface area contributed by atoms with Crippen LogP contribution in [0.4, 0.5) is 0 Å². The molecule has 1 heterocycles. The van der Waals surface area contributed by atoms with E-state index in [4.69, 9.17) is 22.3 Å². The largest absolute Gasteiger partial charge is 0.469 e. The number of methoxy groups -OCH3 is 1. The first-order valence-electron chi connectivity index (χ1n) is 5.10. The second-order valence-corrected chi connectivity index (χ2v) is 4.63. The number of ether oxygens (including phenoxy) is 1. The quantitative estimate of drug-likeness (QED) is 0.488. The van der Waals surface area contributed by atoms with E-state index in [1.54, 1.807) is 6.33 Å². The Morgan fingerprint density at radius 3 is 2.72 bits per heavy atom. The van der Waals surface area contributed by atoms with Gasteiger partial charge >= 0.3 is 16.4 Å². The highest BCUT2D eigenvalue weighted by molar-refractivity contribution is 7.79. The van der Waals surface area contributed by atoms with Crippen LogP contribution in [0.1, 0.15) is 17.8 Å². The van der Waals surface area contributed by atoms with Gasteiger partial charge in [0.25, 0.3) is 0 Å². The van der Waals surface area contributed by atoms with Crippen LogP contribution in [0.25, 0.3) is 0 Å². The Hall–Kier alpha value is -1.45. The number of nitrogens with zero attached hydrogens (tertiary/aromatic N) is 1. The summed E-state index contributed by atoms with van der Waals surface area (Å²) in [6.45, 7) is 0. The monoisotopic (exact) mass is 278 g/mol. The highest BCUT2D eigenvalue weighted by Crippen LogP contribution is 2.23. The number of imidazole rings is 1. The van der Waals surface area contributed by atoms with E-state index in [2.05, 4.69) is 9.97 Å². The average molecular weight is 278 g/mol. The van der Waals surface area contributed by atoms with Crippen LogP contribution in [0.3, 0.4) is 0 Å². The number of hydrogen-bond donors (Lipinski definition) is 3. The average Bonchev–Trinajstić information content (AvgIpc) is 2.72. The molecule has 1 unspecified atom stereocenters. The zero-order valence-electron chi connectivity index (χ0n) is 9.66. The highest BCUT2D eigenvalue weighted by Gasteiger charge is 2.26. The highest BCUT2D eigenvalue weighted by atomic mass is 32.3. The predicted molar refractivity (Wildman–Crippen MR) is 60.3 cm³/mol. The van der Waals surface area contributed by atoms with Gasteiger partial charge in [0.15, 0.2) is 0 Å². The van der Waals surface area contributed by atoms with E-state index in [-0.39, 0.29) is 11.9 Å². The maximum atomic E-state index is 11.2. The number of nitrogens with one attached hydrogen (secondary N) is 1. The molecule has 0 fully saturated rings. The number of esters is 1. The summed E-state index contributed by atoms with van der Waals surface area (Å²) in [6, 6.07) is 0. The van der Waals surface area contributed by atoms with Crippen molar-refractivity contribution in [1.82, 2.24) is 9.97 Å². The third kappa shape index (κ3) is 4.82. The molecule has 3 N–H and O–H groups in total. The molecule has 0 aliphatic heterocycles. The van der Waals surface area contributed by atoms with Crippen LogP contribution >= 0.6 is 0 Å². The smallest absolute Gasteiger partial charge is 0.394 e. The lowest BCUT2D eigenvalue weighted by atomic mass is 9.90. The van der Waals surface area contributed by atoms with Gasteiger partial charge in [-0.1, -0.05) is 0 Å². The summed E-state index contributed by atoms with van der Waals surface area (Å²) in [4.78, 5) is 18.5. The molecule has 0 saturated carbocycles. The van der Waals surface area contributed by atoms with Gasteiger partial charge < -0.3 is 9.72 Å². The van der Waals surface area contributed by atoms with Crippen LogP contribution in [0.2, 0.25) is 0 Å². The maximum absolute atomic E-state index is 11.2. The van der Waals surface area contributed by atoms with Gasteiger partial charge in [-0.2, -0.15) is 8.42 Å². The summed E-state index contributed by atoms with van der Waals surface area (Å²) < 4.78 is 36.3. The number of aryl methyl sites for hydroxylation is 1. The lowest BCUT2D eigenvalue weighted by Gasteiger charge is -2.18. The Morgan fingerprint density at radius 1 is 1.56 bits per heavy atom. The van der Waals surface area contributed by atoms with Crippen molar-refractivity contribution in [3.05, 3.63) is 17.7 Å². The van der Waals surface area contributed by atoms with E-state index in [9.17, 15) is 4.79 Å². The second kappa shape index (κ2) is 5.94. The van der Waals surface area contributed by atoms with Crippen LogP contribution in [0.5, 0.6) is 0 Å². The lowest BCUT2D eigenvalue weighted by molar-refractivity contribution is -0.145. The molecule has 0 aromatic carbocycles. The molecule has 0 bridgehead atoms. The molecule has 1 atom stereocenters. The fourth-order valence-corrected chi connectivity index (χ4v) is 1.77. The predicted octanol–water partition coefficient (Wildman–Crippen LogP) is 0.0348. The topological polar surface area (TPSA) is 130 Å². The minimum Gasteiger partial charge on any atom is -0.469 e. The fourth-order valence-electron chi connectivity index (χ4n) is 1.77. The van der Waals surface area contributed by atoms with Crippen molar-refractivity contribution in [2.24, 2.45) is 5.92 Å². The van der Waals surface area contributed by atoms with Crippen LogP contribution in [-0.2, 0) is 32.8 Å². The number of rotatable bonds is 1. The third-order valence-electron chi connectivity index (χ3n) is 2.52. The Bertz CT molecular complexity index is 501. The molecule has 0 radical (unpaired) electrons. The number of aromatic nitrogens is 2. The van der Waals surface area contributed by atoms with Crippen LogP contribution in [-0.4, -0.2) is 40.6 Å². The molecule has 102 valence electrons. The third-order valence-corrected chi connectivity index (χ3v) is 2.52. The van der Waals surface area contributed by atoms with Crippen LogP contribution in [0, 0.1) is 5.92 Å². The molecule has 1 aliphatic carbocycles. The SMILES string of the molecule is COC(=O)C1CCc2nc[nH]c2C1.O=S(=O)(O)O. The standard InChI is InChI=1S/C9H12N2O2.H2O4S/c1-13-9(12)6-2-3-7-8(4-6)11-5-10-7;1-5(2,3)4/h5-6H,2-4H2,1H3,(H,10,11);(H2,1,2,3,4). The normalized spacial score (nSPS) is 18.3. The molecule has 0 saturated heterocycles. The van der Waals surface area contributed by atoms with E-state index in [0.29, 0.717) is 0 Å². The summed E-state index contributed by atoms with van der Waals surface area (Å²) in [5.41, 5.74) is 2.18. The summed E-state index contributed by atoms with van der Waals surface area (Å²) >= 11 is 0. The van der Waals surface area contributed by atoms with Gasteiger partial charge in [0.05, 0.1) is 25.0 Å². The minimum absolute atomic E-state index is 0.0120. The first-order valence-corrected chi connectivity index (χ1v) is 6.49. The fraction of sp³-hybridized carbons (Fsp3) is 0.556. The molecular weight excluding hydrogens is 264 g/mol. The molecule has 1 aromatic rings. The lowest BCUT2D eigenvalue weighted by Crippen LogP contribution is -2.23. The molecular formula is C9H14N2O6S. The summed E-state index contributed by atoms with van der Waals surface area (Å²) in [5.74, 6) is -0.0989. The minimum atomic E-state index is -4.67. The van der Waals surface area contributed by atoms with Gasteiger partial charge in [0.1, 0.15) is 0 Å². The molecule has 0 amide bonds. The number of carbonyl (C=O) groups excluding carboxylic acids is 1. The molecule has 2 rings (SSSR count). The summed E-state index contributed by atoms with van der Waals surface area (Å²) in [5, 5.41) is 0. The number of aromatic amines is 1. The van der Waals surface area contributed by atoms with Gasteiger partial charge in [-0.3, -0.25) is 13.9 Å². The number of hydrogen-bond acceptors (Lipinski definition) is 5. The molecule has 0 spiro atoms. The van der Waals surface area contributed by atoms with E-state index in [0.717, 1.165) is 30.7 Å². The van der Waals surface area contributed by atoms with E-state index < -0.39 is 10.4 Å². The van der Waals surface area contributed by atoms with Crippen molar-refractivity contribution in [2.75, 3.05) is 7.11 Å². The number of carbonyl (C=O) groups is 1. The van der Waals surface area contributed by atoms with Crippen molar-refractivity contribution in [2.45, 2.75) is 19.3 Å². The van der Waals surface area contributed by atoms with Crippen molar-refractivity contribution in [1.29, 1.82) is 0 Å². The first kappa shape index (κ1) is 14.6. The van der Waals surface area contributed by atoms with Crippen molar-refractivity contribution in [3.63, 3.8) is 0 Å². The zero-order chi connectivity index (χ0) is 13.8. The van der Waals surface area contributed by atoms with Gasteiger partial charge in [0.2, 0.25) is 0 Å². The molecule has 18 heavy (non-hydrogen) atoms. The number of H-pyrrole nitrogens is 1. The molecule has 1 aliphatic rings. The first-order chi connectivity index (χ1) is 8.31. The second-order valence-electron chi connectivity index (χ2n) is 3.74. The van der Waals surface area contributed by atoms with Crippen molar-refractivity contribution < 1.29 is 27.1 Å². The van der Waals surface area contributed by atoms with Crippen LogP contribution in [0.15, 0.2) is 6.33 Å². The Balaban J connectivity index is 0.000000280. The Morgan fingerprint density at radius 2 is 2.17 bits per heavy atom. The molecule has 8 nitrogen and oxygen atoms in total. The van der Waals surface area contributed by atoms with Gasteiger partial charge in [-0.05, 0) is 12.8 Å². The summed E-state index contributed by atoms with van der Waals surface area (Å²) in [6.07, 6.45) is 4.15. The Labute approximate surface area is 104 Å². The molecule has 1 aromatic heterocycles. The molecule has 9 heteroatoms. The van der Waals surface area contributed by atoms with Gasteiger partial charge in [0, 0.05) is 12.1 Å². The zero-order valence-corrected chi connectivity index (χ0v) is 10.5. The number of fused-ring (bicyclic) bond motifs is 1. The van der Waals surface area contributed by atoms with Crippen LogP contribution < -0.4 is 0 Å². The van der Waals surface area contributed by atoms with Gasteiger partial charge in [-0.25, -0.2) is 4.98 Å². The maximum Gasteiger partial charge on any atom is 0.394 e. The van der Waals surface area contributed by atoms with E-state index in [1.807, 2.05) is 0 Å². The van der Waals surface area contributed by atoms with E-state index in [1.165, 1.54) is 7.11 Å². The van der Waals surface area contributed by atoms with Gasteiger partial charge in [-0.15, -0.1) is 0 Å². The summed E-state index contributed by atoms with van der Waals surface area (Å²) in [7, 11) is -3.23. The Kier molecular flexibility index (Phi) is 4.82.